The summed E-state index contributed by atoms with van der Waals surface area (Å²) in [6.45, 7) is 3.95. The summed E-state index contributed by atoms with van der Waals surface area (Å²) < 4.78 is 10.1. The largest absolute Gasteiger partial charge is 0.458 e. The lowest BCUT2D eigenvalue weighted by atomic mass is 10.1. The van der Waals surface area contributed by atoms with E-state index < -0.39 is 11.9 Å². The molecule has 4 heteroatoms. The van der Waals surface area contributed by atoms with Crippen LogP contribution >= 0.6 is 0 Å². The molecule has 0 aliphatic carbocycles. The molecule has 0 atom stereocenters. The fourth-order valence-electron chi connectivity index (χ4n) is 1.81. The topological polar surface area (TPSA) is 52.6 Å². The normalized spacial score (nSPS) is 10.1. The average Bonchev–Trinajstić information content (AvgIpc) is 2.52. The van der Waals surface area contributed by atoms with Crippen molar-refractivity contribution in [2.75, 3.05) is 13.2 Å². The van der Waals surface area contributed by atoms with Crippen molar-refractivity contribution in [3.8, 4) is 0 Å². The van der Waals surface area contributed by atoms with Crippen LogP contribution in [0.15, 0.2) is 48.5 Å². The van der Waals surface area contributed by atoms with Crippen molar-refractivity contribution >= 4 is 11.9 Å². The number of esters is 2. The van der Waals surface area contributed by atoms with Crippen LogP contribution in [0.25, 0.3) is 0 Å². The lowest BCUT2D eigenvalue weighted by molar-refractivity contribution is 0.0265. The van der Waals surface area contributed by atoms with Crippen LogP contribution in [0.3, 0.4) is 0 Å². The number of carbonyl (C=O) groups excluding carboxylic acids is 2. The van der Waals surface area contributed by atoms with Crippen molar-refractivity contribution in [1.29, 1.82) is 0 Å². The standard InChI is InChI=1S/C18H18O4/c1-13-3-7-15(8-4-13)17(19)21-11-12-22-18(20)16-9-5-14(2)6-10-16/h3-10H,11-12H2,1-2H3. The average molecular weight is 298 g/mol. The van der Waals surface area contributed by atoms with E-state index in [9.17, 15) is 9.59 Å². The first-order valence-corrected chi connectivity index (χ1v) is 7.04. The Labute approximate surface area is 129 Å². The van der Waals surface area contributed by atoms with Gasteiger partial charge in [-0.05, 0) is 38.1 Å². The minimum Gasteiger partial charge on any atom is -0.458 e. The summed E-state index contributed by atoms with van der Waals surface area (Å²) in [5.74, 6) is -0.849. The zero-order chi connectivity index (χ0) is 15.9. The second-order valence-corrected chi connectivity index (χ2v) is 5.00. The van der Waals surface area contributed by atoms with Crippen LogP contribution < -0.4 is 0 Å². The lowest BCUT2D eigenvalue weighted by Crippen LogP contribution is -2.14. The molecule has 0 heterocycles. The van der Waals surface area contributed by atoms with E-state index >= 15 is 0 Å². The minimum atomic E-state index is -0.425. The zero-order valence-electron chi connectivity index (χ0n) is 12.7. The molecule has 2 rings (SSSR count). The third kappa shape index (κ3) is 4.45. The van der Waals surface area contributed by atoms with Gasteiger partial charge in [0.15, 0.2) is 0 Å². The maximum Gasteiger partial charge on any atom is 0.338 e. The Morgan fingerprint density at radius 1 is 0.682 bits per heavy atom. The van der Waals surface area contributed by atoms with Gasteiger partial charge in [0.1, 0.15) is 13.2 Å². The summed E-state index contributed by atoms with van der Waals surface area (Å²) in [5.41, 5.74) is 3.11. The molecule has 0 saturated carbocycles. The molecule has 22 heavy (non-hydrogen) atoms. The van der Waals surface area contributed by atoms with Gasteiger partial charge < -0.3 is 9.47 Å². The minimum absolute atomic E-state index is 0.0321. The molecule has 0 aliphatic rings. The molecule has 0 saturated heterocycles. The number of ether oxygens (including phenoxy) is 2. The van der Waals surface area contributed by atoms with Crippen LogP contribution in [0.5, 0.6) is 0 Å². The Hall–Kier alpha value is -2.62. The number of aryl methyl sites for hydroxylation is 2. The highest BCUT2D eigenvalue weighted by Gasteiger charge is 2.09. The van der Waals surface area contributed by atoms with Crippen molar-refractivity contribution in [3.05, 3.63) is 70.8 Å². The molecular weight excluding hydrogens is 280 g/mol. The third-order valence-corrected chi connectivity index (χ3v) is 3.12. The Kier molecular flexibility index (Phi) is 5.31. The molecule has 0 unspecified atom stereocenters. The van der Waals surface area contributed by atoms with E-state index in [1.807, 2.05) is 38.1 Å². The summed E-state index contributed by atoms with van der Waals surface area (Å²) in [5, 5.41) is 0. The molecule has 0 radical (unpaired) electrons. The van der Waals surface area contributed by atoms with Gasteiger partial charge in [0.2, 0.25) is 0 Å². The van der Waals surface area contributed by atoms with Crippen LogP contribution in [0.2, 0.25) is 0 Å². The first-order valence-electron chi connectivity index (χ1n) is 7.04. The molecule has 4 nitrogen and oxygen atoms in total. The second-order valence-electron chi connectivity index (χ2n) is 5.00. The Balaban J connectivity index is 1.74. The fourth-order valence-corrected chi connectivity index (χ4v) is 1.81. The highest BCUT2D eigenvalue weighted by atomic mass is 16.6. The van der Waals surface area contributed by atoms with Gasteiger partial charge in [-0.25, -0.2) is 9.59 Å². The van der Waals surface area contributed by atoms with E-state index in [1.54, 1.807) is 24.3 Å². The summed E-state index contributed by atoms with van der Waals surface area (Å²) in [4.78, 5) is 23.5. The molecular formula is C18H18O4. The zero-order valence-corrected chi connectivity index (χ0v) is 12.7. The van der Waals surface area contributed by atoms with Gasteiger partial charge >= 0.3 is 11.9 Å². The van der Waals surface area contributed by atoms with Crippen LogP contribution in [0.4, 0.5) is 0 Å². The van der Waals surface area contributed by atoms with Crippen LogP contribution in [-0.4, -0.2) is 25.2 Å². The van der Waals surface area contributed by atoms with Crippen LogP contribution in [0, 0.1) is 13.8 Å². The van der Waals surface area contributed by atoms with Gasteiger partial charge in [-0.1, -0.05) is 35.4 Å². The first kappa shape index (κ1) is 15.8. The highest BCUT2D eigenvalue weighted by molar-refractivity contribution is 5.90. The highest BCUT2D eigenvalue weighted by Crippen LogP contribution is 2.06. The van der Waals surface area contributed by atoms with Gasteiger partial charge in [-0.2, -0.15) is 0 Å². The van der Waals surface area contributed by atoms with Crippen LogP contribution in [-0.2, 0) is 9.47 Å². The van der Waals surface area contributed by atoms with Crippen molar-refractivity contribution < 1.29 is 19.1 Å². The Morgan fingerprint density at radius 3 is 1.32 bits per heavy atom. The predicted octanol–water partition coefficient (Wildman–Crippen LogP) is 3.32. The van der Waals surface area contributed by atoms with Crippen LogP contribution in [0.1, 0.15) is 31.8 Å². The van der Waals surface area contributed by atoms with E-state index in [2.05, 4.69) is 0 Å². The Morgan fingerprint density at radius 2 is 1.00 bits per heavy atom. The van der Waals surface area contributed by atoms with Crippen molar-refractivity contribution in [2.24, 2.45) is 0 Å². The molecule has 114 valence electrons. The molecule has 0 fully saturated rings. The number of benzene rings is 2. The molecule has 0 spiro atoms. The molecule has 0 bridgehead atoms. The van der Waals surface area contributed by atoms with Gasteiger partial charge in [-0.15, -0.1) is 0 Å². The summed E-state index contributed by atoms with van der Waals surface area (Å²) in [6.07, 6.45) is 0. The number of hydrogen-bond acceptors (Lipinski definition) is 4. The van der Waals surface area contributed by atoms with Gasteiger partial charge in [0, 0.05) is 0 Å². The fraction of sp³-hybridized carbons (Fsp3) is 0.222. The maximum atomic E-state index is 11.7. The van der Waals surface area contributed by atoms with Gasteiger partial charge in [-0.3, -0.25) is 0 Å². The molecule has 0 amide bonds. The van der Waals surface area contributed by atoms with E-state index in [4.69, 9.17) is 9.47 Å². The number of rotatable bonds is 5. The molecule has 2 aromatic carbocycles. The third-order valence-electron chi connectivity index (χ3n) is 3.12. The number of carbonyl (C=O) groups is 2. The molecule has 0 N–H and O–H groups in total. The van der Waals surface area contributed by atoms with Crippen molar-refractivity contribution in [3.63, 3.8) is 0 Å². The van der Waals surface area contributed by atoms with E-state index in [0.29, 0.717) is 11.1 Å². The number of hydrogen-bond donors (Lipinski definition) is 0. The monoisotopic (exact) mass is 298 g/mol. The van der Waals surface area contributed by atoms with E-state index in [-0.39, 0.29) is 13.2 Å². The lowest BCUT2D eigenvalue weighted by Gasteiger charge is -2.07. The smallest absolute Gasteiger partial charge is 0.338 e. The van der Waals surface area contributed by atoms with Gasteiger partial charge in [0.05, 0.1) is 11.1 Å². The molecule has 0 aliphatic heterocycles. The Bertz CT molecular complexity index is 582. The van der Waals surface area contributed by atoms with Crippen molar-refractivity contribution in [2.45, 2.75) is 13.8 Å². The summed E-state index contributed by atoms with van der Waals surface area (Å²) in [6, 6.07) is 14.2. The molecule has 2 aromatic rings. The van der Waals surface area contributed by atoms with Crippen molar-refractivity contribution in [1.82, 2.24) is 0 Å². The van der Waals surface area contributed by atoms with Gasteiger partial charge in [0.25, 0.3) is 0 Å². The molecule has 0 aromatic heterocycles. The predicted molar refractivity (Wildman–Crippen MR) is 82.9 cm³/mol. The first-order chi connectivity index (χ1) is 10.6. The van der Waals surface area contributed by atoms with E-state index in [0.717, 1.165) is 11.1 Å². The maximum absolute atomic E-state index is 11.7. The van der Waals surface area contributed by atoms with E-state index in [1.165, 1.54) is 0 Å². The summed E-state index contributed by atoms with van der Waals surface area (Å²) >= 11 is 0. The summed E-state index contributed by atoms with van der Waals surface area (Å²) in [7, 11) is 0. The SMILES string of the molecule is Cc1ccc(C(=O)OCCOC(=O)c2ccc(C)cc2)cc1. The second kappa shape index (κ2) is 7.41. The quantitative estimate of drug-likeness (QED) is 0.627.